The minimum absolute atomic E-state index is 0.00709. The number of urea groups is 1. The number of piperazine rings is 1. The monoisotopic (exact) mass is 1070 g/mol. The van der Waals surface area contributed by atoms with Crippen molar-refractivity contribution in [1.82, 2.24) is 20.4 Å². The number of nitrogens with zero attached hydrogens (tertiary/aromatic N) is 2. The number of anilines is 1. The van der Waals surface area contributed by atoms with Crippen LogP contribution in [-0.4, -0.2) is 160 Å². The zero-order valence-electron chi connectivity index (χ0n) is 45.5. The smallest absolute Gasteiger partial charge is 0.410 e. The van der Waals surface area contributed by atoms with Crippen LogP contribution in [0.1, 0.15) is 113 Å². The Bertz CT molecular complexity index is 2230. The molecule has 76 heavy (non-hydrogen) atoms. The van der Waals surface area contributed by atoms with Crippen molar-refractivity contribution >= 4 is 47.7 Å². The van der Waals surface area contributed by atoms with Gasteiger partial charge >= 0.3 is 30.2 Å². The number of hydrogen-bond acceptors (Lipinski definition) is 16. The van der Waals surface area contributed by atoms with Crippen LogP contribution >= 0.6 is 0 Å². The molecule has 0 aliphatic carbocycles. The predicted octanol–water partition coefficient (Wildman–Crippen LogP) is 4.09. The van der Waals surface area contributed by atoms with Gasteiger partial charge in [-0.25, -0.2) is 14.4 Å². The van der Waals surface area contributed by atoms with Crippen molar-refractivity contribution in [1.29, 1.82) is 0 Å². The lowest BCUT2D eigenvalue weighted by atomic mass is 9.88. The lowest BCUT2D eigenvalue weighted by molar-refractivity contribution is -0.168. The minimum atomic E-state index is -1.48. The largest absolute Gasteiger partial charge is 0.457 e. The number of epoxide rings is 1. The number of benzene rings is 1. The number of nitrogens with two attached hydrogens (primary N) is 2. The van der Waals surface area contributed by atoms with Crippen molar-refractivity contribution in [3.63, 3.8) is 0 Å². The van der Waals surface area contributed by atoms with Gasteiger partial charge in [0.25, 0.3) is 0 Å². The number of nitrogens with one attached hydrogen (secondary N) is 3. The molecule has 22 nitrogen and oxygen atoms in total. The van der Waals surface area contributed by atoms with Crippen molar-refractivity contribution in [3.05, 3.63) is 65.8 Å². The highest BCUT2D eigenvalue weighted by molar-refractivity contribution is 5.97. The summed E-state index contributed by atoms with van der Waals surface area (Å²) in [5.74, 6) is -3.05. The minimum Gasteiger partial charge on any atom is -0.457 e. The standard InChI is InChI=1S/C54H83N7O15/c1-10-41(64)35(6)47-42(73-47)30-53(8,71)22-11-13-33(4)46-34(5)15-20-43(54(9,76-36(7)62)23-21-39(63)29-44(65)75-46)74-52(70)61-27-25-60(26-28-61)51(69)72-31-37-16-18-38(19-17-37)58-48(66)40(14-12-24-57-50(56)68)59-49(67)45(55)32(2)3/h11,13,15-20,22,32,34-35,39-43,45-47,63-64,71H,10,12,14,21,23-31,55H2,1-9H3,(H,58,66)(H,59,67)(H3,56,57,68)/b20-15+,22-11+,33-13+/t34-,35+,39+,40-,41-,42+,43-,45-,46+,47+,53?,54+/m0/s1. The number of aliphatic hydroxyl groups excluding tert-OH is 2. The molecule has 2 fully saturated rings. The maximum Gasteiger partial charge on any atom is 0.410 e. The summed E-state index contributed by atoms with van der Waals surface area (Å²) in [7, 11) is 0. The molecule has 0 spiro atoms. The second kappa shape index (κ2) is 28.9. The van der Waals surface area contributed by atoms with Gasteiger partial charge in [0.05, 0.1) is 42.5 Å². The summed E-state index contributed by atoms with van der Waals surface area (Å²) in [6.07, 6.45) is 4.03. The van der Waals surface area contributed by atoms with Crippen LogP contribution in [0, 0.1) is 17.8 Å². The number of hydrogen-bond donors (Lipinski definition) is 8. The number of cyclic esters (lactones) is 1. The highest BCUT2D eigenvalue weighted by Crippen LogP contribution is 2.38. The first-order valence-electron chi connectivity index (χ1n) is 26.3. The molecule has 10 N–H and O–H groups in total. The summed E-state index contributed by atoms with van der Waals surface area (Å²) in [6, 6.07) is 4.08. The molecular weight excluding hydrogens is 987 g/mol. The van der Waals surface area contributed by atoms with Crippen molar-refractivity contribution in [2.24, 2.45) is 29.2 Å². The van der Waals surface area contributed by atoms with Crippen LogP contribution in [0.5, 0.6) is 0 Å². The molecule has 424 valence electrons. The van der Waals surface area contributed by atoms with Gasteiger partial charge in [0, 0.05) is 63.6 Å². The third-order valence-electron chi connectivity index (χ3n) is 14.0. The first-order chi connectivity index (χ1) is 35.7. The molecule has 3 aliphatic heterocycles. The number of ether oxygens (including phenoxy) is 5. The van der Waals surface area contributed by atoms with Crippen LogP contribution in [0.2, 0.25) is 0 Å². The lowest BCUT2D eigenvalue weighted by Crippen LogP contribution is -2.53. The van der Waals surface area contributed by atoms with E-state index in [1.54, 1.807) is 96.2 Å². The molecule has 0 saturated carbocycles. The fourth-order valence-corrected chi connectivity index (χ4v) is 8.99. The molecule has 3 aliphatic rings. The molecular formula is C54H83N7O15. The van der Waals surface area contributed by atoms with Crippen LogP contribution in [0.3, 0.4) is 0 Å². The molecule has 4 rings (SSSR count). The van der Waals surface area contributed by atoms with Crippen molar-refractivity contribution < 1.29 is 72.6 Å². The highest BCUT2D eigenvalue weighted by atomic mass is 16.6. The van der Waals surface area contributed by atoms with E-state index in [-0.39, 0.29) is 89.1 Å². The van der Waals surface area contributed by atoms with Gasteiger partial charge in [-0.2, -0.15) is 0 Å². The lowest BCUT2D eigenvalue weighted by Gasteiger charge is -2.38. The number of primary amides is 1. The second-order valence-corrected chi connectivity index (χ2v) is 21.0. The molecule has 22 heteroatoms. The number of rotatable bonds is 21. The van der Waals surface area contributed by atoms with Crippen LogP contribution in [0.25, 0.3) is 0 Å². The quantitative estimate of drug-likeness (QED) is 0.0215. The zero-order valence-corrected chi connectivity index (χ0v) is 45.5. The van der Waals surface area contributed by atoms with Gasteiger partial charge in [-0.3, -0.25) is 19.2 Å². The summed E-state index contributed by atoms with van der Waals surface area (Å²) in [5, 5.41) is 40.3. The third-order valence-corrected chi connectivity index (χ3v) is 14.0. The Hall–Kier alpha value is -6.07. The molecule has 12 atom stereocenters. The van der Waals surface area contributed by atoms with E-state index in [9.17, 15) is 48.9 Å². The first-order valence-corrected chi connectivity index (χ1v) is 26.3. The maximum absolute atomic E-state index is 13.9. The van der Waals surface area contributed by atoms with Crippen molar-refractivity contribution in [3.8, 4) is 0 Å². The third kappa shape index (κ3) is 19.8. The molecule has 0 radical (unpaired) electrons. The second-order valence-electron chi connectivity index (χ2n) is 21.0. The zero-order chi connectivity index (χ0) is 56.5. The van der Waals surface area contributed by atoms with Crippen molar-refractivity contribution in [2.45, 2.75) is 174 Å². The van der Waals surface area contributed by atoms with Gasteiger partial charge in [-0.05, 0) is 88.1 Å². The summed E-state index contributed by atoms with van der Waals surface area (Å²) in [4.78, 5) is 92.8. The van der Waals surface area contributed by atoms with Crippen LogP contribution in [0.4, 0.5) is 20.1 Å². The predicted molar refractivity (Wildman–Crippen MR) is 281 cm³/mol. The van der Waals surface area contributed by atoms with E-state index in [2.05, 4.69) is 16.0 Å². The topological polar surface area (TPSA) is 324 Å². The molecule has 1 unspecified atom stereocenters. The normalized spacial score (nSPS) is 26.2. The maximum atomic E-state index is 13.9. The van der Waals surface area contributed by atoms with Crippen LogP contribution in [-0.2, 0) is 49.5 Å². The number of esters is 2. The molecule has 0 aromatic heterocycles. The van der Waals surface area contributed by atoms with Gasteiger partial charge in [-0.1, -0.05) is 71.1 Å². The highest BCUT2D eigenvalue weighted by Gasteiger charge is 2.47. The Morgan fingerprint density at radius 2 is 1.64 bits per heavy atom. The summed E-state index contributed by atoms with van der Waals surface area (Å²) in [5.41, 5.74) is 10.1. The average Bonchev–Trinajstić information content (AvgIpc) is 4.12. The van der Waals surface area contributed by atoms with Gasteiger partial charge in [0.15, 0.2) is 6.10 Å². The summed E-state index contributed by atoms with van der Waals surface area (Å²) in [6.45, 7) is 15.9. The number of carbonyl (C=O) groups excluding carboxylic acids is 7. The Morgan fingerprint density at radius 3 is 2.25 bits per heavy atom. The Morgan fingerprint density at radius 1 is 1.00 bits per heavy atom. The molecule has 0 bridgehead atoms. The van der Waals surface area contributed by atoms with Crippen molar-refractivity contribution in [2.75, 3.05) is 38.0 Å². The Balaban J connectivity index is 1.37. The average molecular weight is 1070 g/mol. The summed E-state index contributed by atoms with van der Waals surface area (Å²) >= 11 is 0. The number of amides is 6. The van der Waals surface area contributed by atoms with E-state index in [0.717, 1.165) is 0 Å². The molecule has 2 saturated heterocycles. The van der Waals surface area contributed by atoms with Crippen LogP contribution in [0.15, 0.2) is 60.2 Å². The molecule has 1 aromatic carbocycles. The van der Waals surface area contributed by atoms with Gasteiger partial charge in [-0.15, -0.1) is 0 Å². The van der Waals surface area contributed by atoms with Gasteiger partial charge in [0.2, 0.25) is 11.8 Å². The Kier molecular flexibility index (Phi) is 23.7. The first kappa shape index (κ1) is 62.5. The number of allylic oxidation sites excluding steroid dienone is 2. The fourth-order valence-electron chi connectivity index (χ4n) is 8.99. The fraction of sp³-hybridized carbons (Fsp3) is 0.648. The molecule has 1 aromatic rings. The van der Waals surface area contributed by atoms with E-state index in [4.69, 9.17) is 35.2 Å². The summed E-state index contributed by atoms with van der Waals surface area (Å²) < 4.78 is 29.2. The van der Waals surface area contributed by atoms with Gasteiger partial charge in [0.1, 0.15) is 24.4 Å². The van der Waals surface area contributed by atoms with Crippen LogP contribution < -0.4 is 27.4 Å². The van der Waals surface area contributed by atoms with E-state index in [1.165, 1.54) is 16.7 Å². The SMILES string of the molecule is CC[C@H](O)[C@@H](C)[C@H]1O[C@@H]1CC(C)(O)/C=C/C=C(\C)[C@H]1OC(=O)C[C@H](O)CC[C@@](C)(OC(C)=O)[C@@H](OC(=O)N2CCN(C(=O)OCc3ccc(NC(=O)[C@H](CCCNC(N)=O)NC(=O)[C@@H](N)C(C)C)cc3)CC2)/C=C/[C@@H]1C. The molecule has 3 heterocycles. The van der Waals surface area contributed by atoms with E-state index < -0.39 is 95.6 Å². The number of aliphatic hydroxyl groups is 3. The van der Waals surface area contributed by atoms with E-state index >= 15 is 0 Å². The van der Waals surface area contributed by atoms with E-state index in [1.807, 2.05) is 13.8 Å². The Labute approximate surface area is 446 Å². The molecule has 6 amide bonds. The number of carbonyl (C=O) groups is 7. The van der Waals surface area contributed by atoms with Gasteiger partial charge < -0.3 is 76.2 Å². The van der Waals surface area contributed by atoms with E-state index in [0.29, 0.717) is 36.1 Å².